The molecule has 0 radical (unpaired) electrons. The highest BCUT2D eigenvalue weighted by molar-refractivity contribution is 6.17. The summed E-state index contributed by atoms with van der Waals surface area (Å²) in [4.78, 5) is 5.91. The Hall–Kier alpha value is -8.02. The van der Waals surface area contributed by atoms with E-state index in [2.05, 4.69) is 229 Å². The van der Waals surface area contributed by atoms with Gasteiger partial charge < -0.3 is 8.98 Å². The summed E-state index contributed by atoms with van der Waals surface area (Å²) in [5.74, 6) is 1.04. The predicted octanol–water partition coefficient (Wildman–Crippen LogP) is 16.3. The maximum Gasteiger partial charge on any atom is 0.304 e. The monoisotopic (exact) mass is 907 g/mol. The summed E-state index contributed by atoms with van der Waals surface area (Å²) in [6, 6.07) is 64.3. The van der Waals surface area contributed by atoms with Crippen molar-refractivity contribution in [2.45, 2.75) is 70.8 Å². The van der Waals surface area contributed by atoms with Crippen LogP contribution in [0.2, 0.25) is 0 Å². The number of hydrogen-bond donors (Lipinski definition) is 0. The van der Waals surface area contributed by atoms with E-state index >= 15 is 0 Å². The Morgan fingerprint density at radius 2 is 1.41 bits per heavy atom. The van der Waals surface area contributed by atoms with Gasteiger partial charge in [0.15, 0.2) is 16.6 Å². The topological polar surface area (TPSA) is 39.2 Å². The molecule has 0 spiro atoms. The van der Waals surface area contributed by atoms with Gasteiger partial charge in [0.1, 0.15) is 28.6 Å². The third kappa shape index (κ3) is 6.51. The molecule has 5 heteroatoms. The van der Waals surface area contributed by atoms with Crippen molar-refractivity contribution in [2.24, 2.45) is 4.99 Å². The van der Waals surface area contributed by atoms with Gasteiger partial charge in [0, 0.05) is 44.3 Å². The molecule has 0 aliphatic carbocycles. The van der Waals surface area contributed by atoms with Crippen molar-refractivity contribution >= 4 is 66.2 Å². The number of nitrogens with zero attached hydrogens (tertiary/aromatic N) is 4. The first-order valence-corrected chi connectivity index (χ1v) is 25.0. The molecule has 2 unspecified atom stereocenters. The first kappa shape index (κ1) is 42.1. The number of unbranched alkanes of at least 4 members (excludes halogenated alkanes) is 1. The van der Waals surface area contributed by atoms with Crippen molar-refractivity contribution < 1.29 is 8.98 Å². The van der Waals surface area contributed by atoms with Crippen LogP contribution in [-0.4, -0.2) is 20.9 Å². The van der Waals surface area contributed by atoms with Gasteiger partial charge in [-0.05, 0) is 114 Å². The first-order valence-electron chi connectivity index (χ1n) is 25.0. The number of rotatable bonds is 6. The zero-order valence-corrected chi connectivity index (χ0v) is 40.3. The largest absolute Gasteiger partial charge is 0.455 e. The van der Waals surface area contributed by atoms with E-state index in [4.69, 9.17) is 16.0 Å². The number of para-hydroxylation sites is 5. The minimum absolute atomic E-state index is 0.0168. The predicted molar refractivity (Wildman–Crippen MR) is 292 cm³/mol. The van der Waals surface area contributed by atoms with Crippen molar-refractivity contribution in [2.75, 3.05) is 0 Å². The van der Waals surface area contributed by atoms with Crippen LogP contribution in [0.3, 0.4) is 0 Å². The molecule has 0 saturated heterocycles. The van der Waals surface area contributed by atoms with Gasteiger partial charge >= 0.3 is 5.82 Å². The summed E-state index contributed by atoms with van der Waals surface area (Å²) in [5, 5.41) is 4.69. The molecule has 70 heavy (non-hydrogen) atoms. The van der Waals surface area contributed by atoms with Crippen molar-refractivity contribution in [3.05, 3.63) is 217 Å². The molecule has 2 aliphatic rings. The average molecular weight is 908 g/mol. The smallest absolute Gasteiger partial charge is 0.304 e. The van der Waals surface area contributed by atoms with Gasteiger partial charge in [0.25, 0.3) is 0 Å². The second kappa shape index (κ2) is 16.3. The Morgan fingerprint density at radius 1 is 0.686 bits per heavy atom. The van der Waals surface area contributed by atoms with E-state index in [1.807, 2.05) is 0 Å². The molecule has 2 atom stereocenters. The molecule has 0 fully saturated rings. The number of imidazole rings is 1. The van der Waals surface area contributed by atoms with Crippen molar-refractivity contribution in [3.63, 3.8) is 0 Å². The summed E-state index contributed by atoms with van der Waals surface area (Å²) >= 11 is 0. The highest BCUT2D eigenvalue weighted by Crippen LogP contribution is 2.48. The Bertz CT molecular complexity index is 3970. The Balaban J connectivity index is 1.14. The van der Waals surface area contributed by atoms with Crippen LogP contribution in [0, 0.1) is 0 Å². The van der Waals surface area contributed by atoms with Crippen LogP contribution in [0.4, 0.5) is 0 Å². The summed E-state index contributed by atoms with van der Waals surface area (Å²) in [6.45, 7) is 14.3. The fraction of sp³-hybridized carbons (Fsp3) is 0.169. The third-order valence-corrected chi connectivity index (χ3v) is 15.1. The zero-order valence-electron chi connectivity index (χ0n) is 40.3. The molecule has 0 bridgehead atoms. The van der Waals surface area contributed by atoms with Crippen LogP contribution in [0.25, 0.3) is 94.4 Å². The molecular formula is C65H55N4O+. The second-order valence-electron chi connectivity index (χ2n) is 20.3. The lowest BCUT2D eigenvalue weighted by molar-refractivity contribution is -0.543. The third-order valence-electron chi connectivity index (χ3n) is 15.1. The minimum atomic E-state index is -0.277. The quantitative estimate of drug-likeness (QED) is 0.153. The van der Waals surface area contributed by atoms with Gasteiger partial charge in [-0.1, -0.05) is 162 Å². The summed E-state index contributed by atoms with van der Waals surface area (Å²) < 4.78 is 14.5. The maximum atomic E-state index is 7.13. The van der Waals surface area contributed by atoms with Crippen LogP contribution in [0.1, 0.15) is 75.1 Å². The van der Waals surface area contributed by atoms with Crippen molar-refractivity contribution in [1.82, 2.24) is 9.13 Å². The highest BCUT2D eigenvalue weighted by Gasteiger charge is 2.43. The highest BCUT2D eigenvalue weighted by atomic mass is 16.3. The van der Waals surface area contributed by atoms with E-state index in [1.165, 1.54) is 55.2 Å². The first-order chi connectivity index (χ1) is 34.3. The average Bonchev–Trinajstić information content (AvgIpc) is 4.05. The molecule has 0 saturated carbocycles. The van der Waals surface area contributed by atoms with Crippen LogP contribution in [-0.2, 0) is 11.8 Å². The molecule has 5 heterocycles. The van der Waals surface area contributed by atoms with Gasteiger partial charge in [-0.2, -0.15) is 9.13 Å². The number of aliphatic imine (C=N–C) groups is 1. The van der Waals surface area contributed by atoms with Crippen molar-refractivity contribution in [3.8, 4) is 33.9 Å². The molecule has 11 aromatic rings. The maximum absolute atomic E-state index is 7.13. The van der Waals surface area contributed by atoms with E-state index in [0.29, 0.717) is 0 Å². The van der Waals surface area contributed by atoms with E-state index < -0.39 is 0 Å². The van der Waals surface area contributed by atoms with Gasteiger partial charge in [-0.15, -0.1) is 0 Å². The number of benzene rings is 8. The SMILES string of the molecule is C=C1C2N=C(/C=C\CCC)c3cc4c5ccccc5n(-c5ccccc5)c4cc3C2CCc2ccc3c(oc4ccccc43)c2-c2n(-c3ccc(C(C)(C)C)cc3-c3ccccc3)c3ccccc3[n+]21. The summed E-state index contributed by atoms with van der Waals surface area (Å²) in [6.07, 6.45) is 8.30. The van der Waals surface area contributed by atoms with E-state index in [9.17, 15) is 0 Å². The standard InChI is InChI=1S/C65H55N4O/c1-6-7-10-27-54-52-39-53-46-25-15-17-28-55(46)68(45-23-13-9-14-24-45)59(53)40-51(52)48-35-32-43-33-36-49-47-26-16-20-31-60(47)70-63(49)61(43)64-67(41(2)62(48)66-54)57-29-18-19-30-58(57)69(64)56-37-34-44(65(3,4)5)38-50(56)42-21-11-8-12-22-42/h8-31,33-34,36-40,48,62H,2,6-7,32,35H2,1,3-5H3/q+1/b27-10-. The van der Waals surface area contributed by atoms with Crippen LogP contribution in [0.5, 0.6) is 0 Å². The van der Waals surface area contributed by atoms with E-state index in [1.54, 1.807) is 0 Å². The lowest BCUT2D eigenvalue weighted by Crippen LogP contribution is -2.42. The zero-order chi connectivity index (χ0) is 47.3. The Labute approximate surface area is 409 Å². The molecular weight excluding hydrogens is 853 g/mol. The fourth-order valence-electron chi connectivity index (χ4n) is 11.7. The van der Waals surface area contributed by atoms with Gasteiger partial charge in [0.05, 0.1) is 16.7 Å². The number of hydrogen-bond acceptors (Lipinski definition) is 2. The minimum Gasteiger partial charge on any atom is -0.455 e. The number of fused-ring (bicyclic) bond motifs is 15. The lowest BCUT2D eigenvalue weighted by Gasteiger charge is -2.31. The molecule has 0 N–H and O–H groups in total. The van der Waals surface area contributed by atoms with E-state index in [0.717, 1.165) is 92.8 Å². The van der Waals surface area contributed by atoms with Gasteiger partial charge in [-0.3, -0.25) is 4.99 Å². The number of furan rings is 1. The Morgan fingerprint density at radius 3 is 2.21 bits per heavy atom. The van der Waals surface area contributed by atoms with Crippen LogP contribution < -0.4 is 4.57 Å². The summed E-state index contributed by atoms with van der Waals surface area (Å²) in [7, 11) is 0. The van der Waals surface area contributed by atoms with Gasteiger partial charge in [-0.25, -0.2) is 0 Å². The second-order valence-corrected chi connectivity index (χ2v) is 20.3. The molecule has 13 rings (SSSR count). The molecule has 2 aliphatic heterocycles. The van der Waals surface area contributed by atoms with Crippen molar-refractivity contribution in [1.29, 1.82) is 0 Å². The molecule has 8 aromatic carbocycles. The molecule has 3 aromatic heterocycles. The lowest BCUT2D eigenvalue weighted by atomic mass is 9.78. The fourth-order valence-corrected chi connectivity index (χ4v) is 11.7. The molecule has 340 valence electrons. The van der Waals surface area contributed by atoms with Gasteiger partial charge in [0.2, 0.25) is 0 Å². The number of aryl methyl sites for hydroxylation is 1. The number of aromatic nitrogens is 3. The Kier molecular flexibility index (Phi) is 9.81. The van der Waals surface area contributed by atoms with Crippen LogP contribution in [0.15, 0.2) is 204 Å². The number of allylic oxidation sites excluding steroid dienone is 2. The molecule has 5 nitrogen and oxygen atoms in total. The molecule has 0 amide bonds. The summed E-state index contributed by atoms with van der Waals surface area (Å²) in [5.41, 5.74) is 19.0. The normalized spacial score (nSPS) is 16.1. The van der Waals surface area contributed by atoms with Crippen LogP contribution >= 0.6 is 0 Å². The van der Waals surface area contributed by atoms with E-state index in [-0.39, 0.29) is 17.4 Å².